The van der Waals surface area contributed by atoms with Gasteiger partial charge >= 0.3 is 0 Å². The molecular weight excluding hydrogens is 380 g/mol. The van der Waals surface area contributed by atoms with Crippen LogP contribution < -0.4 is 5.56 Å². The van der Waals surface area contributed by atoms with Crippen molar-refractivity contribution in [1.29, 1.82) is 0 Å². The molecule has 1 aromatic carbocycles. The molecule has 7 nitrogen and oxygen atoms in total. The van der Waals surface area contributed by atoms with Crippen LogP contribution in [0.5, 0.6) is 0 Å². The highest BCUT2D eigenvalue weighted by Gasteiger charge is 2.46. The average Bonchev–Trinajstić information content (AvgIpc) is 3.46. The maximum Gasteiger partial charge on any atom is 0.254 e. The van der Waals surface area contributed by atoms with Crippen LogP contribution in [0, 0.1) is 0 Å². The summed E-state index contributed by atoms with van der Waals surface area (Å²) in [6.07, 6.45) is 5.99. The molecule has 1 atom stereocenters. The Hall–Kier alpha value is -2.96. The van der Waals surface area contributed by atoms with E-state index < -0.39 is 0 Å². The Labute approximate surface area is 173 Å². The molecule has 154 valence electrons. The van der Waals surface area contributed by atoms with Crippen molar-refractivity contribution in [1.82, 2.24) is 20.0 Å². The molecule has 1 saturated carbocycles. The van der Waals surface area contributed by atoms with Crippen LogP contribution in [-0.4, -0.2) is 39.0 Å². The molecule has 1 unspecified atom stereocenters. The third kappa shape index (κ3) is 2.79. The second-order valence-corrected chi connectivity index (χ2v) is 9.05. The smallest absolute Gasteiger partial charge is 0.254 e. The van der Waals surface area contributed by atoms with Crippen LogP contribution in [0.3, 0.4) is 0 Å². The van der Waals surface area contributed by atoms with Crippen molar-refractivity contribution in [2.24, 2.45) is 0 Å². The summed E-state index contributed by atoms with van der Waals surface area (Å²) < 4.78 is 5.36. The minimum absolute atomic E-state index is 0.0243. The van der Waals surface area contributed by atoms with E-state index in [0.29, 0.717) is 23.7 Å². The largest absolute Gasteiger partial charge is 0.356 e. The number of fused-ring (bicyclic) bond motifs is 3. The van der Waals surface area contributed by atoms with Crippen molar-refractivity contribution in [3.8, 4) is 0 Å². The predicted molar refractivity (Wildman–Crippen MR) is 110 cm³/mol. The van der Waals surface area contributed by atoms with Gasteiger partial charge in [-0.3, -0.25) is 9.59 Å². The second-order valence-electron chi connectivity index (χ2n) is 9.05. The maximum atomic E-state index is 13.2. The zero-order chi connectivity index (χ0) is 20.3. The number of hydrogen-bond donors (Lipinski definition) is 1. The monoisotopic (exact) mass is 404 g/mol. The lowest BCUT2D eigenvalue weighted by molar-refractivity contribution is -0.132. The zero-order valence-electron chi connectivity index (χ0n) is 16.8. The number of carbonyl (C=O) groups excluding carboxylic acids is 1. The van der Waals surface area contributed by atoms with Gasteiger partial charge in [0, 0.05) is 35.4 Å². The van der Waals surface area contributed by atoms with E-state index in [9.17, 15) is 9.59 Å². The Balaban J connectivity index is 1.28. The van der Waals surface area contributed by atoms with Gasteiger partial charge in [0.1, 0.15) is 11.5 Å². The van der Waals surface area contributed by atoms with Crippen LogP contribution in [0.15, 0.2) is 33.6 Å². The van der Waals surface area contributed by atoms with Crippen molar-refractivity contribution in [2.45, 2.75) is 56.3 Å². The van der Waals surface area contributed by atoms with E-state index in [0.717, 1.165) is 67.5 Å². The average molecular weight is 404 g/mol. The van der Waals surface area contributed by atoms with Gasteiger partial charge in [-0.15, -0.1) is 0 Å². The zero-order valence-corrected chi connectivity index (χ0v) is 16.8. The second kappa shape index (κ2) is 6.52. The number of carbonyl (C=O) groups is 1. The number of para-hydroxylation sites is 1. The van der Waals surface area contributed by atoms with Crippen LogP contribution in [0.2, 0.25) is 0 Å². The summed E-state index contributed by atoms with van der Waals surface area (Å²) in [6, 6.07) is 7.63. The lowest BCUT2D eigenvalue weighted by Crippen LogP contribution is -2.48. The van der Waals surface area contributed by atoms with Gasteiger partial charge in [0.15, 0.2) is 5.58 Å². The number of rotatable bonds is 3. The van der Waals surface area contributed by atoms with Crippen molar-refractivity contribution >= 4 is 16.9 Å². The van der Waals surface area contributed by atoms with E-state index in [1.807, 2.05) is 29.2 Å². The van der Waals surface area contributed by atoms with E-state index in [4.69, 9.17) is 9.51 Å². The van der Waals surface area contributed by atoms with Crippen LogP contribution >= 0.6 is 0 Å². The van der Waals surface area contributed by atoms with Gasteiger partial charge in [-0.1, -0.05) is 17.3 Å². The first-order valence-electron chi connectivity index (χ1n) is 10.9. The van der Waals surface area contributed by atoms with Gasteiger partial charge in [-0.2, -0.15) is 0 Å². The molecule has 6 rings (SSSR count). The van der Waals surface area contributed by atoms with Gasteiger partial charge in [0.05, 0.1) is 12.1 Å². The first-order chi connectivity index (χ1) is 14.6. The molecule has 1 spiro atoms. The van der Waals surface area contributed by atoms with Crippen LogP contribution in [0.25, 0.3) is 11.0 Å². The Morgan fingerprint density at radius 3 is 3.00 bits per heavy atom. The van der Waals surface area contributed by atoms with Gasteiger partial charge in [0.2, 0.25) is 5.91 Å². The number of nitrogens with one attached hydrogen (secondary N) is 1. The van der Waals surface area contributed by atoms with E-state index >= 15 is 0 Å². The number of hydrogen-bond acceptors (Lipinski definition) is 5. The number of nitrogens with zero attached hydrogens (tertiary/aromatic N) is 3. The van der Waals surface area contributed by atoms with Crippen molar-refractivity contribution < 1.29 is 9.32 Å². The van der Waals surface area contributed by atoms with Crippen LogP contribution in [0.4, 0.5) is 0 Å². The highest BCUT2D eigenvalue weighted by Crippen LogP contribution is 2.45. The molecule has 3 aromatic rings. The number of aromatic amines is 1. The molecule has 2 fully saturated rings. The minimum Gasteiger partial charge on any atom is -0.356 e. The molecule has 0 bridgehead atoms. The topological polar surface area (TPSA) is 92.1 Å². The Kier molecular flexibility index (Phi) is 3.88. The van der Waals surface area contributed by atoms with Gasteiger partial charge in [0.25, 0.3) is 5.56 Å². The van der Waals surface area contributed by atoms with Crippen molar-refractivity contribution in [2.75, 3.05) is 13.1 Å². The number of H-pyrrole nitrogens is 1. The molecule has 1 saturated heterocycles. The Morgan fingerprint density at radius 2 is 2.13 bits per heavy atom. The Bertz CT molecular complexity index is 1210. The molecule has 0 radical (unpaired) electrons. The number of aromatic nitrogens is 3. The lowest BCUT2D eigenvalue weighted by Gasteiger charge is -2.40. The fraction of sp³-hybridized carbons (Fsp3) is 0.478. The van der Waals surface area contributed by atoms with Crippen LogP contribution in [0.1, 0.15) is 60.8 Å². The maximum absolute atomic E-state index is 13.2. The fourth-order valence-corrected chi connectivity index (χ4v) is 5.28. The number of amides is 1. The van der Waals surface area contributed by atoms with Crippen LogP contribution in [-0.2, 0) is 23.1 Å². The summed E-state index contributed by atoms with van der Waals surface area (Å²) in [5, 5.41) is 5.02. The molecule has 3 heterocycles. The molecule has 3 aliphatic rings. The fourth-order valence-electron chi connectivity index (χ4n) is 5.28. The lowest BCUT2D eigenvalue weighted by atomic mass is 9.77. The first kappa shape index (κ1) is 17.9. The highest BCUT2D eigenvalue weighted by atomic mass is 16.5. The predicted octanol–water partition coefficient (Wildman–Crippen LogP) is 2.84. The molecule has 7 heteroatoms. The third-order valence-corrected chi connectivity index (χ3v) is 7.05. The summed E-state index contributed by atoms with van der Waals surface area (Å²) in [6.45, 7) is 1.37. The summed E-state index contributed by atoms with van der Waals surface area (Å²) in [5.41, 5.74) is 3.02. The number of likely N-dealkylation sites (tertiary alicyclic amines) is 1. The summed E-state index contributed by atoms with van der Waals surface area (Å²) in [7, 11) is 0. The molecule has 2 aliphatic carbocycles. The molecule has 1 amide bonds. The third-order valence-electron chi connectivity index (χ3n) is 7.05. The molecule has 30 heavy (non-hydrogen) atoms. The highest BCUT2D eigenvalue weighted by molar-refractivity contribution is 5.86. The summed E-state index contributed by atoms with van der Waals surface area (Å²) in [4.78, 5) is 35.7. The van der Waals surface area contributed by atoms with E-state index in [-0.39, 0.29) is 23.3 Å². The standard InChI is InChI=1S/C23H24N4O3/c28-19(12-17-15-4-1-2-5-18(15)30-26-17)27-11-3-9-23(13-27)10-8-16-20(23)24-21(14-6-7-14)25-22(16)29/h1-2,4-5,14H,3,6-13H2,(H,24,25,29). The van der Waals surface area contributed by atoms with Crippen molar-refractivity contribution in [3.63, 3.8) is 0 Å². The SMILES string of the molecule is O=C(Cc1noc2ccccc12)N1CCCC2(CCc3c2nc(C2CC2)[nH]c3=O)C1. The molecule has 2 aromatic heterocycles. The van der Waals surface area contributed by atoms with E-state index in [1.54, 1.807) is 0 Å². The number of benzene rings is 1. The van der Waals surface area contributed by atoms with E-state index in [1.165, 1.54) is 0 Å². The quantitative estimate of drug-likeness (QED) is 0.725. The first-order valence-corrected chi connectivity index (χ1v) is 10.9. The molecule has 1 N–H and O–H groups in total. The van der Waals surface area contributed by atoms with Gasteiger partial charge in [-0.25, -0.2) is 4.98 Å². The van der Waals surface area contributed by atoms with Gasteiger partial charge < -0.3 is 14.4 Å². The molecule has 1 aliphatic heterocycles. The van der Waals surface area contributed by atoms with Gasteiger partial charge in [-0.05, 0) is 50.7 Å². The Morgan fingerprint density at radius 1 is 1.27 bits per heavy atom. The van der Waals surface area contributed by atoms with Crippen molar-refractivity contribution in [3.05, 3.63) is 57.4 Å². The normalized spacial score (nSPS) is 23.3. The van der Waals surface area contributed by atoms with E-state index in [2.05, 4.69) is 10.1 Å². The number of piperidine rings is 1. The summed E-state index contributed by atoms with van der Waals surface area (Å²) in [5.74, 6) is 1.31. The minimum atomic E-state index is -0.187. The molecular formula is C23H24N4O3. The summed E-state index contributed by atoms with van der Waals surface area (Å²) >= 11 is 0.